The first-order valence-electron chi connectivity index (χ1n) is 9.19. The number of rotatable bonds is 7. The summed E-state index contributed by atoms with van der Waals surface area (Å²) in [4.78, 5) is 16.7. The van der Waals surface area contributed by atoms with Crippen LogP contribution in [-0.2, 0) is 19.5 Å². The van der Waals surface area contributed by atoms with Crippen molar-refractivity contribution in [1.29, 1.82) is 0 Å². The van der Waals surface area contributed by atoms with E-state index in [0.29, 0.717) is 30.6 Å². The Hall–Kier alpha value is -2.12. The number of carbonyl (C=O) groups excluding carboxylic acids is 1. The Kier molecular flexibility index (Phi) is 7.62. The summed E-state index contributed by atoms with van der Waals surface area (Å²) in [5.74, 6) is 0.992. The van der Waals surface area contributed by atoms with Crippen LogP contribution in [0.2, 0.25) is 0 Å². The van der Waals surface area contributed by atoms with Gasteiger partial charge in [-0.15, -0.1) is 12.4 Å². The Morgan fingerprint density at radius 2 is 2.19 bits per heavy atom. The van der Waals surface area contributed by atoms with Gasteiger partial charge in [0.15, 0.2) is 5.69 Å². The number of amides is 1. The van der Waals surface area contributed by atoms with Crippen LogP contribution in [0.5, 0.6) is 5.88 Å². The summed E-state index contributed by atoms with van der Waals surface area (Å²) in [5.41, 5.74) is 3.44. The van der Waals surface area contributed by atoms with Crippen LogP contribution in [0.1, 0.15) is 54.5 Å². The van der Waals surface area contributed by atoms with Crippen LogP contribution in [0.15, 0.2) is 18.3 Å². The minimum Gasteiger partial charge on any atom is -0.475 e. The fourth-order valence-electron chi connectivity index (χ4n) is 3.22. The first kappa shape index (κ1) is 21.2. The van der Waals surface area contributed by atoms with E-state index in [1.54, 1.807) is 6.20 Å². The third-order valence-corrected chi connectivity index (χ3v) is 4.40. The number of hydrogen-bond donors (Lipinski definition) is 3. The molecule has 3 N–H and O–H groups in total. The summed E-state index contributed by atoms with van der Waals surface area (Å²) in [5, 5.41) is 13.4. The molecule has 0 fully saturated rings. The molecule has 0 saturated heterocycles. The summed E-state index contributed by atoms with van der Waals surface area (Å²) < 4.78 is 5.87. The van der Waals surface area contributed by atoms with E-state index >= 15 is 0 Å². The Labute approximate surface area is 166 Å². The first-order valence-corrected chi connectivity index (χ1v) is 9.19. The van der Waals surface area contributed by atoms with Gasteiger partial charge in [0.05, 0.1) is 6.10 Å². The maximum atomic E-state index is 12.5. The molecule has 1 atom stereocenters. The molecule has 27 heavy (non-hydrogen) atoms. The summed E-state index contributed by atoms with van der Waals surface area (Å²) in [6.07, 6.45) is 3.66. The topological polar surface area (TPSA) is 91.9 Å². The number of nitrogens with zero attached hydrogens (tertiary/aromatic N) is 2. The molecule has 3 heterocycles. The maximum Gasteiger partial charge on any atom is 0.272 e. The highest BCUT2D eigenvalue weighted by Crippen LogP contribution is 2.17. The van der Waals surface area contributed by atoms with Gasteiger partial charge in [-0.05, 0) is 30.9 Å². The van der Waals surface area contributed by atoms with E-state index in [2.05, 4.69) is 39.7 Å². The number of nitrogens with one attached hydrogen (secondary N) is 3. The number of aromatic amines is 1. The molecule has 7 nitrogen and oxygen atoms in total. The molecule has 0 aromatic carbocycles. The molecule has 0 radical (unpaired) electrons. The van der Waals surface area contributed by atoms with Crippen LogP contribution >= 0.6 is 12.4 Å². The van der Waals surface area contributed by atoms with E-state index in [0.717, 1.165) is 36.2 Å². The number of ether oxygens (including phenoxy) is 1. The third-order valence-electron chi connectivity index (χ3n) is 4.40. The van der Waals surface area contributed by atoms with Gasteiger partial charge in [-0.25, -0.2) is 4.98 Å². The third kappa shape index (κ3) is 5.68. The molecule has 1 amide bonds. The Morgan fingerprint density at radius 1 is 1.37 bits per heavy atom. The van der Waals surface area contributed by atoms with Crippen LogP contribution in [0, 0.1) is 5.92 Å². The second-order valence-electron chi connectivity index (χ2n) is 7.20. The number of pyridine rings is 1. The molecule has 2 aromatic heterocycles. The van der Waals surface area contributed by atoms with Gasteiger partial charge in [0.2, 0.25) is 5.88 Å². The van der Waals surface area contributed by atoms with Crippen molar-refractivity contribution >= 4 is 18.3 Å². The number of fused-ring (bicyclic) bond motifs is 1. The van der Waals surface area contributed by atoms with Gasteiger partial charge in [-0.1, -0.05) is 13.8 Å². The summed E-state index contributed by atoms with van der Waals surface area (Å²) in [6.45, 7) is 8.38. The normalized spacial score (nSPS) is 14.2. The molecular formula is C19H28ClN5O2. The number of hydrogen-bond acceptors (Lipinski definition) is 5. The molecular weight excluding hydrogens is 366 g/mol. The smallest absolute Gasteiger partial charge is 0.272 e. The van der Waals surface area contributed by atoms with Crippen LogP contribution in [0.4, 0.5) is 0 Å². The Morgan fingerprint density at radius 3 is 2.96 bits per heavy atom. The van der Waals surface area contributed by atoms with Gasteiger partial charge >= 0.3 is 0 Å². The quantitative estimate of drug-likeness (QED) is 0.672. The second-order valence-corrected chi connectivity index (χ2v) is 7.20. The lowest BCUT2D eigenvalue weighted by atomic mass is 10.1. The predicted octanol–water partition coefficient (Wildman–Crippen LogP) is 2.62. The largest absolute Gasteiger partial charge is 0.475 e. The van der Waals surface area contributed by atoms with Crippen molar-refractivity contribution in [3.8, 4) is 5.88 Å². The van der Waals surface area contributed by atoms with Gasteiger partial charge in [-0.3, -0.25) is 9.89 Å². The highest BCUT2D eigenvalue weighted by molar-refractivity contribution is 5.94. The molecule has 3 rings (SSSR count). The van der Waals surface area contributed by atoms with Crippen molar-refractivity contribution in [2.75, 3.05) is 6.54 Å². The SMILES string of the molecule is CC(C)CC(C)Oc1cc(CNC(=O)c2n[nH]c3c2CNCC3)ccn1.Cl. The predicted molar refractivity (Wildman–Crippen MR) is 106 cm³/mol. The lowest BCUT2D eigenvalue weighted by molar-refractivity contribution is 0.0944. The van der Waals surface area contributed by atoms with Crippen LogP contribution in [-0.4, -0.2) is 33.7 Å². The number of carbonyl (C=O) groups is 1. The standard InChI is InChI=1S/C19H27N5O2.ClH/c1-12(2)8-13(3)26-17-9-14(4-7-21-17)10-22-19(25)18-15-11-20-6-5-16(15)23-24-18;/h4,7,9,12-13,20H,5-6,8,10-11H2,1-3H3,(H,22,25)(H,23,24);1H. The Bertz CT molecular complexity index is 762. The van der Waals surface area contributed by atoms with Crippen LogP contribution < -0.4 is 15.4 Å². The lowest BCUT2D eigenvalue weighted by Crippen LogP contribution is -2.28. The van der Waals surface area contributed by atoms with E-state index in [1.807, 2.05) is 19.1 Å². The number of halogens is 1. The molecule has 148 valence electrons. The second kappa shape index (κ2) is 9.71. The molecule has 0 saturated carbocycles. The fourth-order valence-corrected chi connectivity index (χ4v) is 3.22. The molecule has 1 aliphatic heterocycles. The average Bonchev–Trinajstić information content (AvgIpc) is 3.03. The summed E-state index contributed by atoms with van der Waals surface area (Å²) in [6, 6.07) is 3.75. The summed E-state index contributed by atoms with van der Waals surface area (Å²) in [7, 11) is 0. The van der Waals surface area contributed by atoms with Crippen molar-refractivity contribution in [2.24, 2.45) is 5.92 Å². The van der Waals surface area contributed by atoms with Crippen molar-refractivity contribution < 1.29 is 9.53 Å². The van der Waals surface area contributed by atoms with E-state index in [4.69, 9.17) is 4.74 Å². The zero-order valence-electron chi connectivity index (χ0n) is 16.0. The Balaban J connectivity index is 0.00000261. The fraction of sp³-hybridized carbons (Fsp3) is 0.526. The summed E-state index contributed by atoms with van der Waals surface area (Å²) >= 11 is 0. The molecule has 1 unspecified atom stereocenters. The van der Waals surface area contributed by atoms with Crippen LogP contribution in [0.25, 0.3) is 0 Å². The molecule has 0 spiro atoms. The highest BCUT2D eigenvalue weighted by atomic mass is 35.5. The number of aromatic nitrogens is 3. The minimum absolute atomic E-state index is 0. The lowest BCUT2D eigenvalue weighted by Gasteiger charge is -2.16. The van der Waals surface area contributed by atoms with E-state index in [-0.39, 0.29) is 24.4 Å². The van der Waals surface area contributed by atoms with Gasteiger partial charge < -0.3 is 15.4 Å². The van der Waals surface area contributed by atoms with Gasteiger partial charge in [0, 0.05) is 49.6 Å². The molecule has 0 bridgehead atoms. The highest BCUT2D eigenvalue weighted by Gasteiger charge is 2.21. The average molecular weight is 394 g/mol. The van der Waals surface area contributed by atoms with E-state index in [1.165, 1.54) is 0 Å². The zero-order chi connectivity index (χ0) is 18.5. The van der Waals surface area contributed by atoms with Gasteiger partial charge in [0.25, 0.3) is 5.91 Å². The molecule has 0 aliphatic carbocycles. The monoisotopic (exact) mass is 393 g/mol. The first-order chi connectivity index (χ1) is 12.5. The molecule has 8 heteroatoms. The van der Waals surface area contributed by atoms with Crippen molar-refractivity contribution in [3.05, 3.63) is 40.8 Å². The van der Waals surface area contributed by atoms with Gasteiger partial charge in [-0.2, -0.15) is 5.10 Å². The van der Waals surface area contributed by atoms with Crippen LogP contribution in [0.3, 0.4) is 0 Å². The van der Waals surface area contributed by atoms with Gasteiger partial charge in [0.1, 0.15) is 0 Å². The number of H-pyrrole nitrogens is 1. The van der Waals surface area contributed by atoms with Crippen molar-refractivity contribution in [3.63, 3.8) is 0 Å². The van der Waals surface area contributed by atoms with Crippen molar-refractivity contribution in [2.45, 2.75) is 52.8 Å². The zero-order valence-corrected chi connectivity index (χ0v) is 16.9. The van der Waals surface area contributed by atoms with Crippen molar-refractivity contribution in [1.82, 2.24) is 25.8 Å². The van der Waals surface area contributed by atoms with E-state index < -0.39 is 0 Å². The van der Waals surface area contributed by atoms with E-state index in [9.17, 15) is 4.79 Å². The molecule has 1 aliphatic rings. The maximum absolute atomic E-state index is 12.5. The minimum atomic E-state index is -0.168. The molecule has 2 aromatic rings.